The van der Waals surface area contributed by atoms with Crippen LogP contribution in [-0.2, 0) is 14.4 Å². The molecule has 1 aromatic carbocycles. The topological polar surface area (TPSA) is 69.7 Å². The van der Waals surface area contributed by atoms with E-state index in [2.05, 4.69) is 12.2 Å². The number of likely N-dealkylation sites (tertiary alicyclic amines) is 1. The molecule has 0 saturated carbocycles. The first kappa shape index (κ1) is 21.3. The van der Waals surface area contributed by atoms with Crippen LogP contribution in [0.3, 0.4) is 0 Å². The molecule has 3 rings (SSSR count). The number of rotatable bonds is 5. The highest BCUT2D eigenvalue weighted by Gasteiger charge is 2.38. The fourth-order valence-electron chi connectivity index (χ4n) is 3.99. The number of nitrogens with one attached hydrogen (secondary N) is 1. The summed E-state index contributed by atoms with van der Waals surface area (Å²) in [5, 5.41) is 3.11. The average molecular weight is 400 g/mol. The fourth-order valence-corrected chi connectivity index (χ4v) is 3.99. The molecule has 1 N–H and O–H groups in total. The van der Waals surface area contributed by atoms with Crippen LogP contribution >= 0.6 is 0 Å². The van der Waals surface area contributed by atoms with E-state index >= 15 is 0 Å². The van der Waals surface area contributed by atoms with Gasteiger partial charge in [0.25, 0.3) is 0 Å². The van der Waals surface area contributed by atoms with E-state index in [9.17, 15) is 14.4 Å². The van der Waals surface area contributed by atoms with Crippen molar-refractivity contribution in [3.8, 4) is 0 Å². The molecule has 2 saturated heterocycles. The normalized spacial score (nSPS) is 20.8. The van der Waals surface area contributed by atoms with Gasteiger partial charge in [0.2, 0.25) is 17.7 Å². The second-order valence-electron chi connectivity index (χ2n) is 9.07. The zero-order valence-corrected chi connectivity index (χ0v) is 18.0. The maximum absolute atomic E-state index is 13.0. The number of hydrogen-bond acceptors (Lipinski definition) is 3. The molecule has 6 nitrogen and oxygen atoms in total. The number of benzene rings is 1. The minimum atomic E-state index is -0.298. The van der Waals surface area contributed by atoms with Crippen molar-refractivity contribution in [3.63, 3.8) is 0 Å². The summed E-state index contributed by atoms with van der Waals surface area (Å²) in [7, 11) is 0. The summed E-state index contributed by atoms with van der Waals surface area (Å²) in [4.78, 5) is 41.5. The molecule has 2 aliphatic rings. The maximum Gasteiger partial charge on any atom is 0.228 e. The first-order valence-corrected chi connectivity index (χ1v) is 10.7. The van der Waals surface area contributed by atoms with Crippen molar-refractivity contribution in [2.45, 2.75) is 58.9 Å². The van der Waals surface area contributed by atoms with Crippen LogP contribution in [0.5, 0.6) is 0 Å². The lowest BCUT2D eigenvalue weighted by atomic mass is 9.92. The van der Waals surface area contributed by atoms with Gasteiger partial charge in [-0.05, 0) is 52.2 Å². The Hall–Kier alpha value is -2.37. The molecular weight excluding hydrogens is 366 g/mol. The summed E-state index contributed by atoms with van der Waals surface area (Å²) in [5.41, 5.74) is 1.79. The van der Waals surface area contributed by atoms with Crippen LogP contribution in [0.25, 0.3) is 0 Å². The van der Waals surface area contributed by atoms with E-state index in [0.717, 1.165) is 17.7 Å². The first-order valence-electron chi connectivity index (χ1n) is 10.7. The maximum atomic E-state index is 13.0. The van der Waals surface area contributed by atoms with Crippen LogP contribution in [0, 0.1) is 18.8 Å². The molecule has 6 heteroatoms. The van der Waals surface area contributed by atoms with Crippen LogP contribution < -0.4 is 10.2 Å². The Bertz CT molecular complexity index is 764. The standard InChI is InChI=1S/C23H33N3O3/c1-5-23(3,4)24-21(28)17-10-12-25(13-11-17)22(29)18-14-20(27)26(15-18)19-8-6-16(2)7-9-19/h6-9,17-18H,5,10-15H2,1-4H3,(H,24,28)/t18-/m1/s1. The third kappa shape index (κ3) is 4.98. The highest BCUT2D eigenvalue weighted by Crippen LogP contribution is 2.28. The summed E-state index contributed by atoms with van der Waals surface area (Å²) in [6, 6.07) is 7.82. The summed E-state index contributed by atoms with van der Waals surface area (Å²) in [6.07, 6.45) is 2.50. The Kier molecular flexibility index (Phi) is 6.30. The van der Waals surface area contributed by atoms with Gasteiger partial charge < -0.3 is 15.1 Å². The minimum absolute atomic E-state index is 0.00302. The molecule has 1 atom stereocenters. The van der Waals surface area contributed by atoms with Crippen molar-refractivity contribution in [1.29, 1.82) is 0 Å². The molecule has 3 amide bonds. The quantitative estimate of drug-likeness (QED) is 0.828. The molecule has 0 radical (unpaired) electrons. The Morgan fingerprint density at radius 2 is 1.72 bits per heavy atom. The third-order valence-electron chi connectivity index (χ3n) is 6.34. The van der Waals surface area contributed by atoms with E-state index in [-0.39, 0.29) is 41.5 Å². The molecule has 0 spiro atoms. The van der Waals surface area contributed by atoms with Gasteiger partial charge in [-0.15, -0.1) is 0 Å². The average Bonchev–Trinajstić information content (AvgIpc) is 3.09. The van der Waals surface area contributed by atoms with E-state index in [1.165, 1.54) is 0 Å². The Morgan fingerprint density at radius 1 is 1.10 bits per heavy atom. The number of carbonyl (C=O) groups excluding carboxylic acids is 3. The zero-order valence-electron chi connectivity index (χ0n) is 18.0. The van der Waals surface area contributed by atoms with E-state index in [1.807, 2.05) is 49.9 Å². The van der Waals surface area contributed by atoms with E-state index in [1.54, 1.807) is 4.90 Å². The predicted octanol–water partition coefficient (Wildman–Crippen LogP) is 2.89. The van der Waals surface area contributed by atoms with E-state index < -0.39 is 0 Å². The van der Waals surface area contributed by atoms with Crippen LogP contribution in [0.15, 0.2) is 24.3 Å². The van der Waals surface area contributed by atoms with E-state index in [4.69, 9.17) is 0 Å². The van der Waals surface area contributed by atoms with Crippen molar-refractivity contribution >= 4 is 23.4 Å². The molecule has 1 aromatic rings. The molecule has 0 bridgehead atoms. The number of hydrogen-bond donors (Lipinski definition) is 1. The Labute approximate surface area is 173 Å². The lowest BCUT2D eigenvalue weighted by Gasteiger charge is -2.34. The largest absolute Gasteiger partial charge is 0.351 e. The van der Waals surface area contributed by atoms with Gasteiger partial charge in [-0.3, -0.25) is 14.4 Å². The summed E-state index contributed by atoms with van der Waals surface area (Å²) >= 11 is 0. The van der Waals surface area contributed by atoms with Crippen LogP contribution in [0.1, 0.15) is 52.0 Å². The van der Waals surface area contributed by atoms with Gasteiger partial charge in [-0.1, -0.05) is 24.6 Å². The van der Waals surface area contributed by atoms with Crippen LogP contribution in [0.2, 0.25) is 0 Å². The molecule has 2 fully saturated rings. The number of piperidine rings is 1. The molecular formula is C23H33N3O3. The fraction of sp³-hybridized carbons (Fsp3) is 0.609. The summed E-state index contributed by atoms with van der Waals surface area (Å²) < 4.78 is 0. The van der Waals surface area contributed by atoms with Gasteiger partial charge in [0.15, 0.2) is 0 Å². The summed E-state index contributed by atoms with van der Waals surface area (Å²) in [5.74, 6) is -0.207. The number of nitrogens with zero attached hydrogens (tertiary/aromatic N) is 2. The van der Waals surface area contributed by atoms with Gasteiger partial charge in [0, 0.05) is 43.2 Å². The highest BCUT2D eigenvalue weighted by molar-refractivity contribution is 6.00. The lowest BCUT2D eigenvalue weighted by Crippen LogP contribution is -2.49. The highest BCUT2D eigenvalue weighted by atomic mass is 16.2. The minimum Gasteiger partial charge on any atom is -0.351 e. The van der Waals surface area contributed by atoms with Crippen molar-refractivity contribution in [1.82, 2.24) is 10.2 Å². The molecule has 2 aliphatic heterocycles. The lowest BCUT2D eigenvalue weighted by molar-refractivity contribution is -0.139. The monoisotopic (exact) mass is 399 g/mol. The van der Waals surface area contributed by atoms with Gasteiger partial charge >= 0.3 is 0 Å². The van der Waals surface area contributed by atoms with Crippen molar-refractivity contribution in [3.05, 3.63) is 29.8 Å². The third-order valence-corrected chi connectivity index (χ3v) is 6.34. The molecule has 0 aliphatic carbocycles. The van der Waals surface area contributed by atoms with Gasteiger partial charge in [0.05, 0.1) is 5.92 Å². The van der Waals surface area contributed by atoms with E-state index in [0.29, 0.717) is 32.5 Å². The van der Waals surface area contributed by atoms with Crippen molar-refractivity contribution in [2.75, 3.05) is 24.5 Å². The summed E-state index contributed by atoms with van der Waals surface area (Å²) in [6.45, 7) is 9.73. The molecule has 158 valence electrons. The van der Waals surface area contributed by atoms with Gasteiger partial charge in [-0.25, -0.2) is 0 Å². The SMILES string of the molecule is CCC(C)(C)NC(=O)C1CCN(C(=O)[C@@H]2CC(=O)N(c3ccc(C)cc3)C2)CC1. The smallest absolute Gasteiger partial charge is 0.228 e. The second kappa shape index (κ2) is 8.56. The molecule has 2 heterocycles. The number of anilines is 1. The molecule has 0 aromatic heterocycles. The van der Waals surface area contributed by atoms with Crippen molar-refractivity contribution in [2.24, 2.45) is 11.8 Å². The number of carbonyl (C=O) groups is 3. The second-order valence-corrected chi connectivity index (χ2v) is 9.07. The molecule has 29 heavy (non-hydrogen) atoms. The number of aryl methyl sites for hydroxylation is 1. The van der Waals surface area contributed by atoms with Crippen molar-refractivity contribution < 1.29 is 14.4 Å². The zero-order chi connectivity index (χ0) is 21.2. The Balaban J connectivity index is 1.54. The van der Waals surface area contributed by atoms with Gasteiger partial charge in [-0.2, -0.15) is 0 Å². The van der Waals surface area contributed by atoms with Crippen LogP contribution in [0.4, 0.5) is 5.69 Å². The predicted molar refractivity (Wildman–Crippen MR) is 113 cm³/mol. The molecule has 0 unspecified atom stereocenters. The first-order chi connectivity index (χ1) is 13.7. The van der Waals surface area contributed by atoms with Gasteiger partial charge in [0.1, 0.15) is 0 Å². The Morgan fingerprint density at radius 3 is 2.31 bits per heavy atom. The number of amides is 3. The van der Waals surface area contributed by atoms with Crippen LogP contribution in [-0.4, -0.2) is 47.8 Å².